The van der Waals surface area contributed by atoms with Gasteiger partial charge in [0.05, 0.1) is 10.6 Å². The zero-order valence-electron chi connectivity index (χ0n) is 9.81. The first-order valence-electron chi connectivity index (χ1n) is 5.46. The summed E-state index contributed by atoms with van der Waals surface area (Å²) in [5.74, 6) is -0.334. The number of hydrogen-bond acceptors (Lipinski definition) is 2. The van der Waals surface area contributed by atoms with Gasteiger partial charge < -0.3 is 15.4 Å². The second kappa shape index (κ2) is 5.76. The molecule has 0 saturated carbocycles. The molecule has 3 N–H and O–H groups in total. The fraction of sp³-hybridized carbons (Fsp3) is 0.545. The van der Waals surface area contributed by atoms with Crippen LogP contribution in [0, 0.1) is 0 Å². The lowest BCUT2D eigenvalue weighted by molar-refractivity contribution is 0.0313. The number of nitrogens with one attached hydrogen (secondary N) is 2. The number of aliphatic hydroxyl groups is 1. The lowest BCUT2D eigenvalue weighted by atomic mass is 9.97. The molecule has 96 valence electrons. The Labute approximate surface area is 110 Å². The first kappa shape index (κ1) is 14.4. The number of carbonyl (C=O) groups is 1. The Balaban J connectivity index is 2.61. The molecule has 17 heavy (non-hydrogen) atoms. The zero-order chi connectivity index (χ0) is 13.1. The summed E-state index contributed by atoms with van der Waals surface area (Å²) >= 11 is 11.4. The number of aromatic amines is 1. The van der Waals surface area contributed by atoms with Crippen LogP contribution in [0.1, 0.15) is 37.2 Å². The Morgan fingerprint density at radius 3 is 2.47 bits per heavy atom. The normalized spacial score (nSPS) is 11.6. The molecule has 0 radical (unpaired) electrons. The molecule has 0 saturated heterocycles. The van der Waals surface area contributed by atoms with Gasteiger partial charge in [-0.25, -0.2) is 0 Å². The predicted octanol–water partition coefficient (Wildman–Crippen LogP) is 2.60. The number of amides is 1. The highest BCUT2D eigenvalue weighted by Crippen LogP contribution is 2.21. The van der Waals surface area contributed by atoms with Crippen molar-refractivity contribution in [3.05, 3.63) is 21.9 Å². The lowest BCUT2D eigenvalue weighted by Crippen LogP contribution is -2.42. The maximum Gasteiger partial charge on any atom is 0.267 e. The second-order valence-corrected chi connectivity index (χ2v) is 4.74. The number of H-pyrrole nitrogens is 1. The van der Waals surface area contributed by atoms with Gasteiger partial charge in [0.15, 0.2) is 0 Å². The molecule has 0 spiro atoms. The van der Waals surface area contributed by atoms with Gasteiger partial charge in [-0.3, -0.25) is 4.79 Å². The smallest absolute Gasteiger partial charge is 0.267 e. The van der Waals surface area contributed by atoms with Crippen LogP contribution in [-0.2, 0) is 0 Å². The quantitative estimate of drug-likeness (QED) is 0.775. The van der Waals surface area contributed by atoms with Gasteiger partial charge in [0.25, 0.3) is 5.91 Å². The second-order valence-electron chi connectivity index (χ2n) is 3.96. The Kier molecular flexibility index (Phi) is 4.86. The molecule has 0 unspecified atom stereocenters. The Morgan fingerprint density at radius 2 is 2.06 bits per heavy atom. The van der Waals surface area contributed by atoms with Crippen LogP contribution in [-0.4, -0.2) is 28.1 Å². The fourth-order valence-electron chi connectivity index (χ4n) is 1.37. The molecular formula is C11H16Cl2N2O2. The molecule has 1 rings (SSSR count). The highest BCUT2D eigenvalue weighted by molar-refractivity contribution is 6.41. The van der Waals surface area contributed by atoms with Crippen LogP contribution in [0.3, 0.4) is 0 Å². The molecule has 1 amide bonds. The van der Waals surface area contributed by atoms with Crippen molar-refractivity contribution in [1.82, 2.24) is 10.3 Å². The number of halogens is 2. The van der Waals surface area contributed by atoms with E-state index in [1.54, 1.807) is 0 Å². The monoisotopic (exact) mass is 278 g/mol. The average Bonchev–Trinajstić information content (AvgIpc) is 2.66. The van der Waals surface area contributed by atoms with Gasteiger partial charge in [-0.05, 0) is 18.9 Å². The van der Waals surface area contributed by atoms with Crippen LogP contribution < -0.4 is 5.32 Å². The first-order chi connectivity index (χ1) is 7.91. The van der Waals surface area contributed by atoms with E-state index in [1.165, 1.54) is 6.07 Å². The van der Waals surface area contributed by atoms with E-state index in [0.717, 1.165) is 0 Å². The van der Waals surface area contributed by atoms with Crippen LogP contribution in [0.15, 0.2) is 6.07 Å². The van der Waals surface area contributed by atoms with Crippen molar-refractivity contribution >= 4 is 29.1 Å². The minimum atomic E-state index is -0.865. The van der Waals surface area contributed by atoms with E-state index in [9.17, 15) is 9.90 Å². The Hall–Kier alpha value is -0.710. The van der Waals surface area contributed by atoms with E-state index in [2.05, 4.69) is 10.3 Å². The van der Waals surface area contributed by atoms with Gasteiger partial charge in [0, 0.05) is 6.54 Å². The van der Waals surface area contributed by atoms with Gasteiger partial charge in [-0.2, -0.15) is 0 Å². The average molecular weight is 279 g/mol. The van der Waals surface area contributed by atoms with E-state index >= 15 is 0 Å². The van der Waals surface area contributed by atoms with Crippen LogP contribution in [0.2, 0.25) is 10.2 Å². The molecule has 0 aromatic carbocycles. The first-order valence-corrected chi connectivity index (χ1v) is 6.22. The summed E-state index contributed by atoms with van der Waals surface area (Å²) in [5, 5.41) is 13.2. The van der Waals surface area contributed by atoms with Crippen molar-refractivity contribution in [2.45, 2.75) is 32.3 Å². The summed E-state index contributed by atoms with van der Waals surface area (Å²) in [5.41, 5.74) is -0.579. The minimum Gasteiger partial charge on any atom is -0.388 e. The van der Waals surface area contributed by atoms with E-state index in [4.69, 9.17) is 23.2 Å². The fourth-order valence-corrected chi connectivity index (χ4v) is 1.68. The van der Waals surface area contributed by atoms with E-state index < -0.39 is 5.60 Å². The Morgan fingerprint density at radius 1 is 1.47 bits per heavy atom. The highest BCUT2D eigenvalue weighted by Gasteiger charge is 2.23. The number of hydrogen-bond donors (Lipinski definition) is 3. The Bertz CT molecular complexity index is 381. The molecule has 0 bridgehead atoms. The van der Waals surface area contributed by atoms with E-state index in [-0.39, 0.29) is 23.3 Å². The summed E-state index contributed by atoms with van der Waals surface area (Å²) in [4.78, 5) is 14.4. The van der Waals surface area contributed by atoms with Gasteiger partial charge in [0.1, 0.15) is 10.8 Å². The number of carbonyl (C=O) groups excluding carboxylic acids is 1. The standard InChI is InChI=1S/C11H16Cl2N2O2/c1-3-11(17,4-2)6-14-10(16)8-5-7(12)9(13)15-8/h5,15,17H,3-4,6H2,1-2H3,(H,14,16). The van der Waals surface area contributed by atoms with Crippen molar-refractivity contribution in [3.63, 3.8) is 0 Å². The zero-order valence-corrected chi connectivity index (χ0v) is 11.3. The number of aromatic nitrogens is 1. The van der Waals surface area contributed by atoms with Crippen LogP contribution in [0.25, 0.3) is 0 Å². The molecule has 1 aromatic rings. The minimum absolute atomic E-state index is 0.201. The van der Waals surface area contributed by atoms with Gasteiger partial charge in [-0.1, -0.05) is 37.0 Å². The maximum atomic E-state index is 11.7. The van der Waals surface area contributed by atoms with E-state index in [0.29, 0.717) is 17.9 Å². The van der Waals surface area contributed by atoms with Crippen molar-refractivity contribution in [2.75, 3.05) is 6.54 Å². The molecule has 0 atom stereocenters. The summed E-state index contributed by atoms with van der Waals surface area (Å²) in [6.07, 6.45) is 1.16. The van der Waals surface area contributed by atoms with Crippen LogP contribution >= 0.6 is 23.2 Å². The molecule has 6 heteroatoms. The van der Waals surface area contributed by atoms with Gasteiger partial charge in [-0.15, -0.1) is 0 Å². The highest BCUT2D eigenvalue weighted by atomic mass is 35.5. The molecule has 4 nitrogen and oxygen atoms in total. The SMILES string of the molecule is CCC(O)(CC)CNC(=O)c1cc(Cl)c(Cl)[nH]1. The molecule has 1 heterocycles. The largest absolute Gasteiger partial charge is 0.388 e. The third-order valence-corrected chi connectivity index (χ3v) is 3.56. The molecule has 0 aliphatic carbocycles. The van der Waals surface area contributed by atoms with Gasteiger partial charge >= 0.3 is 0 Å². The maximum absolute atomic E-state index is 11.7. The van der Waals surface area contributed by atoms with Crippen molar-refractivity contribution in [3.8, 4) is 0 Å². The summed E-state index contributed by atoms with van der Waals surface area (Å²) in [6, 6.07) is 1.45. The van der Waals surface area contributed by atoms with E-state index in [1.807, 2.05) is 13.8 Å². The van der Waals surface area contributed by atoms with Crippen LogP contribution in [0.4, 0.5) is 0 Å². The third-order valence-electron chi connectivity index (χ3n) is 2.86. The molecule has 0 fully saturated rings. The number of rotatable bonds is 5. The topological polar surface area (TPSA) is 65.1 Å². The van der Waals surface area contributed by atoms with Crippen molar-refractivity contribution in [1.29, 1.82) is 0 Å². The molecular weight excluding hydrogens is 263 g/mol. The molecule has 0 aliphatic rings. The predicted molar refractivity (Wildman–Crippen MR) is 68.7 cm³/mol. The lowest BCUT2D eigenvalue weighted by Gasteiger charge is -2.25. The van der Waals surface area contributed by atoms with Gasteiger partial charge in [0.2, 0.25) is 0 Å². The summed E-state index contributed by atoms with van der Waals surface area (Å²) in [6.45, 7) is 3.95. The summed E-state index contributed by atoms with van der Waals surface area (Å²) in [7, 11) is 0. The third kappa shape index (κ3) is 3.63. The summed E-state index contributed by atoms with van der Waals surface area (Å²) < 4.78 is 0. The molecule has 1 aromatic heterocycles. The van der Waals surface area contributed by atoms with Crippen molar-refractivity contribution in [2.24, 2.45) is 0 Å². The van der Waals surface area contributed by atoms with Crippen LogP contribution in [0.5, 0.6) is 0 Å². The molecule has 0 aliphatic heterocycles. The van der Waals surface area contributed by atoms with Crippen molar-refractivity contribution < 1.29 is 9.90 Å².